The van der Waals surface area contributed by atoms with Crippen LogP contribution in [-0.2, 0) is 19.1 Å². The lowest BCUT2D eigenvalue weighted by Gasteiger charge is -2.12. The largest absolute Gasteiger partial charge is 0.466 e. The molecule has 1 heterocycles. The number of hydrogen-bond donors (Lipinski definition) is 1. The molecule has 0 aromatic rings. The molecule has 0 bridgehead atoms. The second-order valence-electron chi connectivity index (χ2n) is 4.03. The van der Waals surface area contributed by atoms with E-state index in [1.165, 1.54) is 13.0 Å². The summed E-state index contributed by atoms with van der Waals surface area (Å²) in [7, 11) is 0. The quantitative estimate of drug-likeness (QED) is 0.467. The van der Waals surface area contributed by atoms with E-state index in [0.717, 1.165) is 12.1 Å². The van der Waals surface area contributed by atoms with E-state index in [9.17, 15) is 9.59 Å². The molecular weight excluding hydrogens is 254 g/mol. The number of nitrogens with one attached hydrogen (secondary N) is 1. The minimum atomic E-state index is -0.326. The Labute approximate surface area is 111 Å². The highest BCUT2D eigenvalue weighted by molar-refractivity contribution is 7.98. The van der Waals surface area contributed by atoms with Gasteiger partial charge in [-0.15, -0.1) is 0 Å². The average Bonchev–Trinajstić information content (AvgIpc) is 2.61. The van der Waals surface area contributed by atoms with Gasteiger partial charge in [0.15, 0.2) is 0 Å². The second-order valence-corrected chi connectivity index (χ2v) is 5.07. The zero-order valence-electron chi connectivity index (χ0n) is 10.9. The molecule has 18 heavy (non-hydrogen) atoms. The van der Waals surface area contributed by atoms with Crippen molar-refractivity contribution < 1.29 is 19.1 Å². The van der Waals surface area contributed by atoms with Crippen molar-refractivity contribution in [3.63, 3.8) is 0 Å². The molecule has 2 unspecified atom stereocenters. The Morgan fingerprint density at radius 2 is 2.17 bits per heavy atom. The van der Waals surface area contributed by atoms with Crippen molar-refractivity contribution in [3.05, 3.63) is 11.8 Å². The number of esters is 2. The minimum Gasteiger partial charge on any atom is -0.466 e. The van der Waals surface area contributed by atoms with Crippen molar-refractivity contribution in [2.24, 2.45) is 5.92 Å². The lowest BCUT2D eigenvalue weighted by molar-refractivity contribution is -0.141. The summed E-state index contributed by atoms with van der Waals surface area (Å²) < 4.78 is 12.9. The molecule has 0 saturated carbocycles. The summed E-state index contributed by atoms with van der Waals surface area (Å²) in [6.45, 7) is 6.00. The Morgan fingerprint density at radius 1 is 1.44 bits per heavy atom. The van der Waals surface area contributed by atoms with Crippen LogP contribution in [0, 0.1) is 5.92 Å². The van der Waals surface area contributed by atoms with Crippen LogP contribution in [0.3, 0.4) is 0 Å². The maximum absolute atomic E-state index is 11.3. The van der Waals surface area contributed by atoms with Crippen molar-refractivity contribution >= 4 is 23.9 Å². The van der Waals surface area contributed by atoms with Gasteiger partial charge < -0.3 is 14.2 Å². The minimum absolute atomic E-state index is 0.218. The molecule has 1 aliphatic rings. The van der Waals surface area contributed by atoms with Crippen LogP contribution >= 0.6 is 11.9 Å². The molecule has 2 atom stereocenters. The van der Waals surface area contributed by atoms with E-state index in [-0.39, 0.29) is 17.9 Å². The molecule has 0 aromatic carbocycles. The molecule has 1 N–H and O–H groups in total. The predicted octanol–water partition coefficient (Wildman–Crippen LogP) is 1.64. The van der Waals surface area contributed by atoms with Gasteiger partial charge in [-0.1, -0.05) is 6.92 Å². The third-order valence-corrected chi connectivity index (χ3v) is 3.94. The van der Waals surface area contributed by atoms with Gasteiger partial charge in [-0.05, 0) is 25.3 Å². The van der Waals surface area contributed by atoms with Crippen molar-refractivity contribution in [2.45, 2.75) is 32.4 Å². The standard InChI is InChI=1S/C12H19NO4S/c1-4-16-12(15)7-10-8(2)11(18-13-10)5-6-17-9(3)14/h7-8,11,13H,4-6H2,1-3H3. The molecule has 0 aromatic heterocycles. The molecule has 1 fully saturated rings. The van der Waals surface area contributed by atoms with E-state index >= 15 is 0 Å². The highest BCUT2D eigenvalue weighted by Crippen LogP contribution is 2.33. The van der Waals surface area contributed by atoms with E-state index in [2.05, 4.69) is 4.72 Å². The molecule has 6 heteroatoms. The van der Waals surface area contributed by atoms with Gasteiger partial charge in [-0.3, -0.25) is 4.79 Å². The lowest BCUT2D eigenvalue weighted by atomic mass is 10.0. The number of rotatable bonds is 5. The fourth-order valence-corrected chi connectivity index (χ4v) is 2.74. The Morgan fingerprint density at radius 3 is 2.78 bits per heavy atom. The highest BCUT2D eigenvalue weighted by Gasteiger charge is 2.29. The highest BCUT2D eigenvalue weighted by atomic mass is 32.2. The monoisotopic (exact) mass is 273 g/mol. The maximum Gasteiger partial charge on any atom is 0.332 e. The van der Waals surface area contributed by atoms with Gasteiger partial charge in [-0.25, -0.2) is 4.79 Å². The summed E-state index contributed by atoms with van der Waals surface area (Å²) in [6.07, 6.45) is 2.26. The second kappa shape index (κ2) is 7.31. The van der Waals surface area contributed by atoms with Crippen molar-refractivity contribution in [1.29, 1.82) is 0 Å². The first-order chi connectivity index (χ1) is 8.54. The summed E-state index contributed by atoms with van der Waals surface area (Å²) in [5, 5.41) is 0.296. The van der Waals surface area contributed by atoms with Gasteiger partial charge in [0.25, 0.3) is 0 Å². The fourth-order valence-electron chi connectivity index (χ4n) is 1.64. The fraction of sp³-hybridized carbons (Fsp3) is 0.667. The molecule has 0 radical (unpaired) electrons. The van der Waals surface area contributed by atoms with Gasteiger partial charge in [0, 0.05) is 29.9 Å². The molecule has 0 spiro atoms. The third-order valence-electron chi connectivity index (χ3n) is 2.64. The first-order valence-electron chi connectivity index (χ1n) is 5.98. The van der Waals surface area contributed by atoms with Crippen molar-refractivity contribution in [3.8, 4) is 0 Å². The molecule has 1 aliphatic heterocycles. The first kappa shape index (κ1) is 14.9. The van der Waals surface area contributed by atoms with Crippen LogP contribution in [0.4, 0.5) is 0 Å². The van der Waals surface area contributed by atoms with Gasteiger partial charge >= 0.3 is 11.9 Å². The van der Waals surface area contributed by atoms with Crippen LogP contribution < -0.4 is 4.72 Å². The SMILES string of the molecule is CCOC(=O)C=C1NSC(CCOC(C)=O)C1C. The normalized spacial score (nSPS) is 24.7. The van der Waals surface area contributed by atoms with E-state index in [4.69, 9.17) is 9.47 Å². The predicted molar refractivity (Wildman–Crippen MR) is 69.6 cm³/mol. The number of hydrogen-bond acceptors (Lipinski definition) is 6. The first-order valence-corrected chi connectivity index (χ1v) is 6.86. The zero-order valence-corrected chi connectivity index (χ0v) is 11.7. The Bertz CT molecular complexity index is 343. The zero-order chi connectivity index (χ0) is 13.5. The summed E-state index contributed by atoms with van der Waals surface area (Å²) in [6, 6.07) is 0. The van der Waals surface area contributed by atoms with E-state index in [0.29, 0.717) is 18.5 Å². The Hall–Kier alpha value is -1.17. The van der Waals surface area contributed by atoms with Crippen LogP contribution in [0.25, 0.3) is 0 Å². The van der Waals surface area contributed by atoms with Crippen LogP contribution in [0.15, 0.2) is 11.8 Å². The van der Waals surface area contributed by atoms with E-state index in [1.807, 2.05) is 6.92 Å². The lowest BCUT2D eigenvalue weighted by Crippen LogP contribution is -2.15. The third kappa shape index (κ3) is 4.60. The molecule has 102 valence electrons. The Balaban J connectivity index is 2.43. The van der Waals surface area contributed by atoms with Crippen LogP contribution in [-0.4, -0.2) is 30.4 Å². The van der Waals surface area contributed by atoms with Crippen LogP contribution in [0.5, 0.6) is 0 Å². The van der Waals surface area contributed by atoms with Crippen molar-refractivity contribution in [2.75, 3.05) is 13.2 Å². The summed E-state index contributed by atoms with van der Waals surface area (Å²) in [4.78, 5) is 22.0. The summed E-state index contributed by atoms with van der Waals surface area (Å²) in [5.74, 6) is -0.371. The summed E-state index contributed by atoms with van der Waals surface area (Å²) >= 11 is 1.55. The number of ether oxygens (including phenoxy) is 2. The molecular formula is C12H19NO4S. The van der Waals surface area contributed by atoms with E-state index in [1.54, 1.807) is 18.9 Å². The topological polar surface area (TPSA) is 64.6 Å². The smallest absolute Gasteiger partial charge is 0.332 e. The number of carbonyl (C=O) groups excluding carboxylic acids is 2. The molecule has 1 saturated heterocycles. The number of carbonyl (C=O) groups is 2. The van der Waals surface area contributed by atoms with Gasteiger partial charge in [0.05, 0.1) is 13.2 Å². The van der Waals surface area contributed by atoms with E-state index < -0.39 is 0 Å². The number of allylic oxidation sites excluding steroid dienone is 1. The molecule has 0 aliphatic carbocycles. The van der Waals surface area contributed by atoms with Crippen molar-refractivity contribution in [1.82, 2.24) is 4.72 Å². The van der Waals surface area contributed by atoms with Gasteiger partial charge in [0.2, 0.25) is 0 Å². The van der Waals surface area contributed by atoms with Crippen LogP contribution in [0.2, 0.25) is 0 Å². The van der Waals surface area contributed by atoms with Gasteiger partial charge in [0.1, 0.15) is 0 Å². The molecule has 1 rings (SSSR count). The maximum atomic E-state index is 11.3. The average molecular weight is 273 g/mol. The van der Waals surface area contributed by atoms with Gasteiger partial charge in [-0.2, -0.15) is 0 Å². The summed E-state index contributed by atoms with van der Waals surface area (Å²) in [5.41, 5.74) is 0.867. The van der Waals surface area contributed by atoms with Crippen LogP contribution in [0.1, 0.15) is 27.2 Å². The molecule has 0 amide bonds. The molecule has 5 nitrogen and oxygen atoms in total. The Kier molecular flexibility index (Phi) is 6.04.